The minimum Gasteiger partial charge on any atom is -0.452 e. The summed E-state index contributed by atoms with van der Waals surface area (Å²) < 4.78 is 33.0. The summed E-state index contributed by atoms with van der Waals surface area (Å²) in [5, 5.41) is 2.49. The molecule has 0 aliphatic carbocycles. The zero-order valence-corrected chi connectivity index (χ0v) is 15.2. The average molecular weight is 377 g/mol. The fourth-order valence-corrected chi connectivity index (χ4v) is 2.84. The van der Waals surface area contributed by atoms with Gasteiger partial charge in [-0.1, -0.05) is 18.2 Å². The first kappa shape index (κ1) is 19.6. The summed E-state index contributed by atoms with van der Waals surface area (Å²) in [6.45, 7) is -0.130. The van der Waals surface area contributed by atoms with Gasteiger partial charge in [-0.2, -0.15) is 0 Å². The Labute approximate surface area is 151 Å². The molecule has 138 valence electrons. The topological polar surface area (TPSA) is 98.8 Å². The number of carbonyl (C=O) groups excluding carboxylic acids is 2. The zero-order valence-electron chi connectivity index (χ0n) is 14.4. The summed E-state index contributed by atoms with van der Waals surface area (Å²) in [6, 6.07) is 12.5. The highest BCUT2D eigenvalue weighted by molar-refractivity contribution is 7.90. The Bertz CT molecular complexity index is 907. The third-order valence-electron chi connectivity index (χ3n) is 3.35. The van der Waals surface area contributed by atoms with Gasteiger partial charge in [-0.05, 0) is 35.9 Å². The van der Waals surface area contributed by atoms with Crippen LogP contribution in [0.3, 0.4) is 0 Å². The lowest BCUT2D eigenvalue weighted by Gasteiger charge is -2.08. The molecule has 1 amide bonds. The van der Waals surface area contributed by atoms with Crippen LogP contribution in [0.1, 0.15) is 15.9 Å². The normalized spacial score (nSPS) is 11.0. The summed E-state index contributed by atoms with van der Waals surface area (Å²) >= 11 is 0. The van der Waals surface area contributed by atoms with Crippen molar-refractivity contribution in [3.8, 4) is 0 Å². The smallest absolute Gasteiger partial charge is 0.338 e. The lowest BCUT2D eigenvalue weighted by molar-refractivity contribution is -0.119. The van der Waals surface area contributed by atoms with Crippen molar-refractivity contribution < 1.29 is 27.5 Å². The number of amides is 1. The lowest BCUT2D eigenvalue weighted by Crippen LogP contribution is -2.21. The van der Waals surface area contributed by atoms with Gasteiger partial charge in [0.15, 0.2) is 16.4 Å². The first-order valence-corrected chi connectivity index (χ1v) is 9.53. The number of carbonyl (C=O) groups is 2. The van der Waals surface area contributed by atoms with Crippen LogP contribution in [-0.2, 0) is 30.7 Å². The van der Waals surface area contributed by atoms with Gasteiger partial charge >= 0.3 is 5.97 Å². The highest BCUT2D eigenvalue weighted by atomic mass is 32.2. The van der Waals surface area contributed by atoms with E-state index >= 15 is 0 Å². The Morgan fingerprint density at radius 1 is 1.08 bits per heavy atom. The van der Waals surface area contributed by atoms with E-state index in [1.165, 1.54) is 18.2 Å². The molecule has 0 heterocycles. The van der Waals surface area contributed by atoms with Crippen LogP contribution in [0.15, 0.2) is 53.4 Å². The molecule has 0 bridgehead atoms. The molecule has 0 aromatic heterocycles. The van der Waals surface area contributed by atoms with Gasteiger partial charge in [-0.25, -0.2) is 13.2 Å². The molecule has 2 aromatic carbocycles. The number of methoxy groups -OCH3 is 1. The second-order valence-corrected chi connectivity index (χ2v) is 7.57. The Morgan fingerprint density at radius 2 is 1.81 bits per heavy atom. The van der Waals surface area contributed by atoms with Gasteiger partial charge in [0.25, 0.3) is 5.91 Å². The van der Waals surface area contributed by atoms with Crippen molar-refractivity contribution in [3.63, 3.8) is 0 Å². The molecule has 0 aliphatic rings. The molecule has 7 nitrogen and oxygen atoms in total. The lowest BCUT2D eigenvalue weighted by atomic mass is 10.1. The van der Waals surface area contributed by atoms with Crippen LogP contribution in [0, 0.1) is 0 Å². The van der Waals surface area contributed by atoms with E-state index < -0.39 is 28.3 Å². The van der Waals surface area contributed by atoms with Crippen molar-refractivity contribution in [2.24, 2.45) is 0 Å². The van der Waals surface area contributed by atoms with E-state index in [0.29, 0.717) is 17.9 Å². The predicted molar refractivity (Wildman–Crippen MR) is 95.6 cm³/mol. The molecular weight excluding hydrogens is 358 g/mol. The van der Waals surface area contributed by atoms with E-state index in [1.807, 2.05) is 6.07 Å². The Balaban J connectivity index is 1.94. The van der Waals surface area contributed by atoms with Crippen LogP contribution in [0.4, 0.5) is 5.69 Å². The summed E-state index contributed by atoms with van der Waals surface area (Å²) in [7, 11) is -1.83. The molecule has 0 unspecified atom stereocenters. The Morgan fingerprint density at radius 3 is 2.50 bits per heavy atom. The number of nitrogens with one attached hydrogen (secondary N) is 1. The number of esters is 1. The predicted octanol–water partition coefficient (Wildman–Crippen LogP) is 2.03. The maximum atomic E-state index is 12.0. The largest absolute Gasteiger partial charge is 0.452 e. The maximum absolute atomic E-state index is 12.0. The molecule has 0 saturated carbocycles. The number of benzene rings is 2. The molecule has 2 rings (SSSR count). The third-order valence-corrected chi connectivity index (χ3v) is 4.46. The molecule has 0 atom stereocenters. The summed E-state index contributed by atoms with van der Waals surface area (Å²) in [5.74, 6) is -1.21. The Kier molecular flexibility index (Phi) is 6.48. The van der Waals surface area contributed by atoms with Crippen molar-refractivity contribution in [3.05, 3.63) is 59.7 Å². The van der Waals surface area contributed by atoms with Crippen molar-refractivity contribution in [1.82, 2.24) is 0 Å². The van der Waals surface area contributed by atoms with E-state index in [1.54, 1.807) is 31.4 Å². The molecule has 8 heteroatoms. The van der Waals surface area contributed by atoms with Crippen molar-refractivity contribution in [2.45, 2.75) is 11.5 Å². The highest BCUT2D eigenvalue weighted by Gasteiger charge is 2.12. The van der Waals surface area contributed by atoms with E-state index in [4.69, 9.17) is 9.47 Å². The van der Waals surface area contributed by atoms with Gasteiger partial charge in [-0.3, -0.25) is 4.79 Å². The van der Waals surface area contributed by atoms with Crippen LogP contribution in [-0.4, -0.2) is 40.3 Å². The van der Waals surface area contributed by atoms with Gasteiger partial charge in [0.2, 0.25) is 0 Å². The number of ether oxygens (including phenoxy) is 2. The number of hydrogen-bond acceptors (Lipinski definition) is 6. The minimum absolute atomic E-state index is 0.0854. The maximum Gasteiger partial charge on any atom is 0.338 e. The molecule has 0 aliphatic heterocycles. The molecule has 0 radical (unpaired) electrons. The Hall–Kier alpha value is -2.71. The molecular formula is C18H19NO6S. The van der Waals surface area contributed by atoms with Gasteiger partial charge in [-0.15, -0.1) is 0 Å². The summed E-state index contributed by atoms with van der Waals surface area (Å²) in [5.41, 5.74) is 1.42. The van der Waals surface area contributed by atoms with E-state index in [9.17, 15) is 18.0 Å². The molecule has 0 spiro atoms. The molecule has 1 N–H and O–H groups in total. The van der Waals surface area contributed by atoms with Crippen LogP contribution in [0.25, 0.3) is 0 Å². The highest BCUT2D eigenvalue weighted by Crippen LogP contribution is 2.15. The van der Waals surface area contributed by atoms with Gasteiger partial charge in [0.1, 0.15) is 0 Å². The van der Waals surface area contributed by atoms with Gasteiger partial charge in [0, 0.05) is 19.1 Å². The second kappa shape index (κ2) is 8.59. The van der Waals surface area contributed by atoms with Crippen LogP contribution >= 0.6 is 0 Å². The molecule has 26 heavy (non-hydrogen) atoms. The number of sulfone groups is 1. The van der Waals surface area contributed by atoms with Crippen molar-refractivity contribution in [2.75, 3.05) is 25.3 Å². The van der Waals surface area contributed by atoms with Gasteiger partial charge < -0.3 is 14.8 Å². The molecule has 0 fully saturated rings. The average Bonchev–Trinajstić information content (AvgIpc) is 2.60. The van der Waals surface area contributed by atoms with Crippen molar-refractivity contribution >= 4 is 27.4 Å². The standard InChI is InChI=1S/C18H19NO6S/c1-24-11-13-5-3-6-14(9-13)18(21)25-12-17(20)19-15-7-4-8-16(10-15)26(2,22)23/h3-10H,11-12H2,1-2H3,(H,19,20). The number of anilines is 1. The molecule has 0 saturated heterocycles. The number of hydrogen-bond donors (Lipinski definition) is 1. The van der Waals surface area contributed by atoms with Gasteiger partial charge in [0.05, 0.1) is 17.1 Å². The quantitative estimate of drug-likeness (QED) is 0.742. The first-order chi connectivity index (χ1) is 12.3. The summed E-state index contributed by atoms with van der Waals surface area (Å²) in [6.07, 6.45) is 1.08. The summed E-state index contributed by atoms with van der Waals surface area (Å²) in [4.78, 5) is 24.0. The van der Waals surface area contributed by atoms with Crippen LogP contribution in [0.5, 0.6) is 0 Å². The minimum atomic E-state index is -3.38. The molecule has 2 aromatic rings. The third kappa shape index (κ3) is 5.68. The zero-order chi connectivity index (χ0) is 19.2. The van der Waals surface area contributed by atoms with Crippen LogP contribution in [0.2, 0.25) is 0 Å². The van der Waals surface area contributed by atoms with Crippen LogP contribution < -0.4 is 5.32 Å². The first-order valence-electron chi connectivity index (χ1n) is 7.64. The fourth-order valence-electron chi connectivity index (χ4n) is 2.17. The fraction of sp³-hybridized carbons (Fsp3) is 0.222. The number of rotatable bonds is 7. The second-order valence-electron chi connectivity index (χ2n) is 5.56. The van der Waals surface area contributed by atoms with E-state index in [0.717, 1.165) is 11.8 Å². The van der Waals surface area contributed by atoms with E-state index in [-0.39, 0.29) is 4.90 Å². The monoisotopic (exact) mass is 377 g/mol. The van der Waals surface area contributed by atoms with Crippen molar-refractivity contribution in [1.29, 1.82) is 0 Å². The SMILES string of the molecule is COCc1cccc(C(=O)OCC(=O)Nc2cccc(S(C)(=O)=O)c2)c1. The van der Waals surface area contributed by atoms with E-state index in [2.05, 4.69) is 5.32 Å².